The van der Waals surface area contributed by atoms with Crippen molar-refractivity contribution in [3.8, 4) is 0 Å². The Balaban J connectivity index is 1.29. The fourth-order valence-electron chi connectivity index (χ4n) is 6.05. The molecule has 1 heterocycles. The van der Waals surface area contributed by atoms with E-state index in [-0.39, 0.29) is 42.6 Å². The Labute approximate surface area is 296 Å². The smallest absolute Gasteiger partial charge is 0.241 e. The molecule has 0 saturated carbocycles. The van der Waals surface area contributed by atoms with Gasteiger partial charge in [-0.2, -0.15) is 4.72 Å². The van der Waals surface area contributed by atoms with Gasteiger partial charge in [-0.25, -0.2) is 8.42 Å². The molecule has 9 nitrogen and oxygen atoms in total. The lowest BCUT2D eigenvalue weighted by Crippen LogP contribution is -2.47. The Morgan fingerprint density at radius 3 is 2.18 bits per heavy atom. The number of aliphatic hydroxyl groups excluding tert-OH is 1. The van der Waals surface area contributed by atoms with E-state index in [9.17, 15) is 18.3 Å². The molecule has 1 amide bonds. The van der Waals surface area contributed by atoms with Crippen LogP contribution in [0, 0.1) is 12.8 Å². The van der Waals surface area contributed by atoms with E-state index in [1.165, 1.54) is 12.1 Å². The number of sulfonamides is 1. The molecular formula is C40H47N3O6S. The Morgan fingerprint density at radius 1 is 0.900 bits per heavy atom. The number of likely N-dealkylation sites (N-methyl/N-ethyl adjacent to an activating group) is 1. The lowest BCUT2D eigenvalue weighted by Gasteiger charge is -2.42. The molecule has 5 atom stereocenters. The van der Waals surface area contributed by atoms with Crippen LogP contribution in [-0.2, 0) is 43.9 Å². The van der Waals surface area contributed by atoms with E-state index < -0.39 is 28.3 Å². The number of aliphatic hydroxyl groups is 1. The summed E-state index contributed by atoms with van der Waals surface area (Å²) in [7, 11) is -1.91. The molecule has 0 spiro atoms. The molecule has 0 aliphatic carbocycles. The Hall–Kier alpha value is -4.16. The minimum absolute atomic E-state index is 0.0222. The van der Waals surface area contributed by atoms with E-state index in [1.54, 1.807) is 12.1 Å². The second-order valence-corrected chi connectivity index (χ2v) is 14.7. The van der Waals surface area contributed by atoms with Crippen molar-refractivity contribution in [2.24, 2.45) is 5.92 Å². The summed E-state index contributed by atoms with van der Waals surface area (Å²) in [6.07, 6.45) is 1.09. The minimum Gasteiger partial charge on any atom is -0.392 e. The van der Waals surface area contributed by atoms with E-state index in [0.717, 1.165) is 39.9 Å². The number of ether oxygens (including phenoxy) is 2. The summed E-state index contributed by atoms with van der Waals surface area (Å²) in [5, 5.41) is 12.5. The number of rotatable bonds is 15. The zero-order chi connectivity index (χ0) is 35.7. The third kappa shape index (κ3) is 9.75. The van der Waals surface area contributed by atoms with Crippen molar-refractivity contribution < 1.29 is 27.8 Å². The number of nitrogens with zero attached hydrogens (tertiary/aromatic N) is 1. The van der Waals surface area contributed by atoms with Gasteiger partial charge in [0.1, 0.15) is 6.04 Å². The van der Waals surface area contributed by atoms with Crippen molar-refractivity contribution in [2.45, 2.75) is 62.9 Å². The number of nitrogens with one attached hydrogen (secondary N) is 2. The van der Waals surface area contributed by atoms with Gasteiger partial charge in [-0.3, -0.25) is 4.79 Å². The number of carbonyl (C=O) groups is 1. The number of amides is 1. The fraction of sp³-hybridized carbons (Fsp3) is 0.325. The van der Waals surface area contributed by atoms with Gasteiger partial charge in [0.2, 0.25) is 15.9 Å². The number of hydrogen-bond acceptors (Lipinski definition) is 7. The van der Waals surface area contributed by atoms with Crippen LogP contribution in [0.5, 0.6) is 0 Å². The van der Waals surface area contributed by atoms with Crippen molar-refractivity contribution in [3.05, 3.63) is 149 Å². The van der Waals surface area contributed by atoms with Gasteiger partial charge in [-0.05, 0) is 54.8 Å². The molecule has 3 N–H and O–H groups in total. The number of benzene rings is 4. The average molecular weight is 698 g/mol. The molecule has 0 radical (unpaired) electrons. The molecule has 0 aromatic heterocycles. The van der Waals surface area contributed by atoms with Crippen molar-refractivity contribution in [3.63, 3.8) is 0 Å². The van der Waals surface area contributed by atoms with Crippen molar-refractivity contribution >= 4 is 15.9 Å². The SMILES string of the molecule is C=CCN(C)C[C@H]1OC(c2ccc(CNC(=O)[C@@H](Cc3ccccc3)NS(=O)(=O)c3ccc(C)cc3)cc2)O[C@@H](c2ccc(CO)cc2)[C@H]1C. The lowest BCUT2D eigenvalue weighted by atomic mass is 9.90. The van der Waals surface area contributed by atoms with Gasteiger partial charge in [-0.15, -0.1) is 6.58 Å². The van der Waals surface area contributed by atoms with Crippen LogP contribution in [0.2, 0.25) is 0 Å². The zero-order valence-electron chi connectivity index (χ0n) is 28.9. The van der Waals surface area contributed by atoms with Crippen molar-refractivity contribution in [1.82, 2.24) is 14.9 Å². The van der Waals surface area contributed by atoms with Crippen LogP contribution < -0.4 is 10.0 Å². The molecule has 10 heteroatoms. The highest BCUT2D eigenvalue weighted by Gasteiger charge is 2.38. The largest absolute Gasteiger partial charge is 0.392 e. The first kappa shape index (κ1) is 37.1. The molecule has 264 valence electrons. The lowest BCUT2D eigenvalue weighted by molar-refractivity contribution is -0.275. The average Bonchev–Trinajstić information content (AvgIpc) is 3.12. The number of hydrogen-bond donors (Lipinski definition) is 3. The van der Waals surface area contributed by atoms with E-state index in [1.807, 2.05) is 98.9 Å². The minimum atomic E-state index is -3.95. The molecule has 1 unspecified atom stereocenters. The summed E-state index contributed by atoms with van der Waals surface area (Å²) in [6.45, 7) is 9.48. The summed E-state index contributed by atoms with van der Waals surface area (Å²) in [5.41, 5.74) is 5.31. The van der Waals surface area contributed by atoms with Crippen LogP contribution >= 0.6 is 0 Å². The maximum Gasteiger partial charge on any atom is 0.241 e. The van der Waals surface area contributed by atoms with Gasteiger partial charge in [0.25, 0.3) is 0 Å². The van der Waals surface area contributed by atoms with Gasteiger partial charge in [0.15, 0.2) is 6.29 Å². The third-order valence-corrected chi connectivity index (χ3v) is 10.5. The van der Waals surface area contributed by atoms with Crippen LogP contribution in [-0.4, -0.2) is 56.6 Å². The molecule has 4 aromatic rings. The zero-order valence-corrected chi connectivity index (χ0v) is 29.7. The Morgan fingerprint density at radius 2 is 1.54 bits per heavy atom. The van der Waals surface area contributed by atoms with Crippen molar-refractivity contribution in [2.75, 3.05) is 20.1 Å². The first-order chi connectivity index (χ1) is 24.1. The van der Waals surface area contributed by atoms with Crippen LogP contribution in [0.3, 0.4) is 0 Å². The number of carbonyl (C=O) groups excluding carboxylic acids is 1. The molecular weight excluding hydrogens is 651 g/mol. The highest BCUT2D eigenvalue weighted by atomic mass is 32.2. The summed E-state index contributed by atoms with van der Waals surface area (Å²) < 4.78 is 42.3. The maximum atomic E-state index is 13.5. The predicted octanol–water partition coefficient (Wildman–Crippen LogP) is 5.60. The Bertz CT molecular complexity index is 1800. The van der Waals surface area contributed by atoms with Crippen LogP contribution in [0.15, 0.2) is 121 Å². The predicted molar refractivity (Wildman–Crippen MR) is 194 cm³/mol. The highest BCUT2D eigenvalue weighted by Crippen LogP contribution is 2.41. The molecule has 1 aliphatic heterocycles. The van der Waals surface area contributed by atoms with Crippen molar-refractivity contribution in [1.29, 1.82) is 0 Å². The molecule has 5 rings (SSSR count). The molecule has 4 aromatic carbocycles. The highest BCUT2D eigenvalue weighted by molar-refractivity contribution is 7.89. The van der Waals surface area contributed by atoms with E-state index >= 15 is 0 Å². The van der Waals surface area contributed by atoms with Crippen LogP contribution in [0.25, 0.3) is 0 Å². The van der Waals surface area contributed by atoms with Crippen LogP contribution in [0.4, 0.5) is 0 Å². The molecule has 1 fully saturated rings. The van der Waals surface area contributed by atoms with E-state index in [4.69, 9.17) is 9.47 Å². The third-order valence-electron chi connectivity index (χ3n) is 9.00. The van der Waals surface area contributed by atoms with Gasteiger partial charge < -0.3 is 24.8 Å². The summed E-state index contributed by atoms with van der Waals surface area (Å²) >= 11 is 0. The summed E-state index contributed by atoms with van der Waals surface area (Å²) in [5.74, 6) is -0.372. The Kier molecular flexibility index (Phi) is 12.7. The van der Waals surface area contributed by atoms with Gasteiger partial charge in [0, 0.05) is 31.1 Å². The molecule has 50 heavy (non-hydrogen) atoms. The monoisotopic (exact) mass is 697 g/mol. The van der Waals surface area contributed by atoms with Gasteiger partial charge in [0.05, 0.1) is 23.7 Å². The van der Waals surface area contributed by atoms with Gasteiger partial charge >= 0.3 is 0 Å². The summed E-state index contributed by atoms with van der Waals surface area (Å²) in [6, 6.07) is 30.3. The van der Waals surface area contributed by atoms with Gasteiger partial charge in [-0.1, -0.05) is 110 Å². The molecule has 1 saturated heterocycles. The second-order valence-electron chi connectivity index (χ2n) is 13.0. The first-order valence-corrected chi connectivity index (χ1v) is 18.3. The first-order valence-electron chi connectivity index (χ1n) is 16.9. The van der Waals surface area contributed by atoms with Crippen LogP contribution in [0.1, 0.15) is 52.7 Å². The van der Waals surface area contributed by atoms with E-state index in [0.29, 0.717) is 6.54 Å². The normalized spacial score (nSPS) is 19.9. The summed E-state index contributed by atoms with van der Waals surface area (Å²) in [4.78, 5) is 15.8. The second kappa shape index (κ2) is 17.2. The quantitative estimate of drug-likeness (QED) is 0.139. The number of aryl methyl sites for hydroxylation is 1. The maximum absolute atomic E-state index is 13.5. The molecule has 1 aliphatic rings. The van der Waals surface area contributed by atoms with E-state index in [2.05, 4.69) is 28.4 Å². The topological polar surface area (TPSA) is 117 Å². The fourth-order valence-corrected chi connectivity index (χ4v) is 7.24. The molecule has 0 bridgehead atoms. The standard InChI is InChI=1S/C40H47N3O6S/c1-5-23-43(4)26-37-29(3)38(33-17-15-32(27-44)16-18-33)49-40(48-37)34-19-13-31(14-20-34)25-41-39(45)36(24-30-9-7-6-8-10-30)42-50(46,47)35-21-11-28(2)12-22-35/h5-22,29,36-38,40,42,44H,1,23-27H2,2-4H3,(H,41,45)/t29-,36+,37+,38+,40?/m0/s1.